The standard InChI is InChI=1S/C22H22O/c1-16-9-8-14-19-20(17-10-4-2-5-11-17)15-21(23-22(16)19)18-12-6-3-7-13-18/h2-6,10-12,15H,7-9,13-14H2,1H3. The van der Waals surface area contributed by atoms with Crippen molar-refractivity contribution in [2.75, 3.05) is 0 Å². The van der Waals surface area contributed by atoms with Crippen LogP contribution < -0.4 is 0 Å². The number of allylic oxidation sites excluding steroid dienone is 8. The molecule has 1 nitrogen and oxygen atoms in total. The predicted octanol–water partition coefficient (Wildman–Crippen LogP) is 6.09. The molecule has 0 aromatic heterocycles. The average molecular weight is 302 g/mol. The average Bonchev–Trinajstić information content (AvgIpc) is 2.63. The molecule has 3 aliphatic rings. The van der Waals surface area contributed by atoms with E-state index in [2.05, 4.69) is 61.6 Å². The molecule has 116 valence electrons. The van der Waals surface area contributed by atoms with Crippen LogP contribution >= 0.6 is 0 Å². The van der Waals surface area contributed by atoms with Crippen molar-refractivity contribution in [1.29, 1.82) is 0 Å². The summed E-state index contributed by atoms with van der Waals surface area (Å²) in [4.78, 5) is 0. The summed E-state index contributed by atoms with van der Waals surface area (Å²) in [6.45, 7) is 2.22. The molecule has 0 saturated heterocycles. The molecule has 1 heteroatoms. The highest BCUT2D eigenvalue weighted by atomic mass is 16.5. The molecule has 0 amide bonds. The molecular formula is C22H22O. The van der Waals surface area contributed by atoms with Crippen LogP contribution in [0.5, 0.6) is 0 Å². The maximum atomic E-state index is 6.37. The Kier molecular flexibility index (Phi) is 3.78. The quantitative estimate of drug-likeness (QED) is 0.642. The van der Waals surface area contributed by atoms with E-state index in [-0.39, 0.29) is 0 Å². The zero-order chi connectivity index (χ0) is 15.6. The van der Waals surface area contributed by atoms with E-state index in [9.17, 15) is 0 Å². The number of hydrogen-bond acceptors (Lipinski definition) is 1. The van der Waals surface area contributed by atoms with Crippen molar-refractivity contribution in [2.45, 2.75) is 39.0 Å². The number of rotatable bonds is 2. The Morgan fingerprint density at radius 3 is 2.65 bits per heavy atom. The second-order valence-electron chi connectivity index (χ2n) is 6.49. The van der Waals surface area contributed by atoms with E-state index >= 15 is 0 Å². The Balaban J connectivity index is 1.87. The molecule has 0 atom stereocenters. The first-order valence-electron chi connectivity index (χ1n) is 8.57. The molecule has 0 radical (unpaired) electrons. The molecule has 0 saturated carbocycles. The van der Waals surface area contributed by atoms with Crippen LogP contribution in [0.15, 0.2) is 82.9 Å². The van der Waals surface area contributed by atoms with E-state index in [0.717, 1.165) is 37.2 Å². The minimum Gasteiger partial charge on any atom is -0.457 e. The Labute approximate surface area is 138 Å². The maximum absolute atomic E-state index is 6.37. The highest BCUT2D eigenvalue weighted by molar-refractivity contribution is 5.82. The van der Waals surface area contributed by atoms with Gasteiger partial charge < -0.3 is 4.74 Å². The largest absolute Gasteiger partial charge is 0.457 e. The monoisotopic (exact) mass is 302 g/mol. The first-order chi connectivity index (χ1) is 11.3. The molecular weight excluding hydrogens is 280 g/mol. The van der Waals surface area contributed by atoms with Gasteiger partial charge in [0.1, 0.15) is 11.5 Å². The van der Waals surface area contributed by atoms with E-state index in [1.807, 2.05) is 0 Å². The highest BCUT2D eigenvalue weighted by Crippen LogP contribution is 2.43. The van der Waals surface area contributed by atoms with Gasteiger partial charge in [0.15, 0.2) is 0 Å². The lowest BCUT2D eigenvalue weighted by Gasteiger charge is -2.30. The van der Waals surface area contributed by atoms with Gasteiger partial charge >= 0.3 is 0 Å². The minimum absolute atomic E-state index is 1.04. The van der Waals surface area contributed by atoms with Gasteiger partial charge in [0, 0.05) is 5.57 Å². The normalized spacial score (nSPS) is 20.7. The van der Waals surface area contributed by atoms with Gasteiger partial charge in [-0.15, -0.1) is 0 Å². The molecule has 4 rings (SSSR count). The lowest BCUT2D eigenvalue weighted by Crippen LogP contribution is -2.13. The summed E-state index contributed by atoms with van der Waals surface area (Å²) in [5.41, 5.74) is 6.72. The summed E-state index contributed by atoms with van der Waals surface area (Å²) in [7, 11) is 0. The lowest BCUT2D eigenvalue weighted by atomic mass is 9.85. The molecule has 0 bridgehead atoms. The van der Waals surface area contributed by atoms with Crippen molar-refractivity contribution in [1.82, 2.24) is 0 Å². The fourth-order valence-corrected chi connectivity index (χ4v) is 3.62. The zero-order valence-electron chi connectivity index (χ0n) is 13.6. The van der Waals surface area contributed by atoms with Crippen molar-refractivity contribution in [3.05, 3.63) is 88.4 Å². The maximum Gasteiger partial charge on any atom is 0.131 e. The number of fused-ring (bicyclic) bond motifs is 1. The van der Waals surface area contributed by atoms with Crippen LogP contribution in [-0.4, -0.2) is 0 Å². The molecule has 2 aliphatic carbocycles. The summed E-state index contributed by atoms with van der Waals surface area (Å²) >= 11 is 0. The van der Waals surface area contributed by atoms with Crippen LogP contribution in [0.2, 0.25) is 0 Å². The smallest absolute Gasteiger partial charge is 0.131 e. The number of benzene rings is 1. The van der Waals surface area contributed by atoms with Gasteiger partial charge in [0.05, 0.1) is 0 Å². The zero-order valence-corrected chi connectivity index (χ0v) is 13.6. The summed E-state index contributed by atoms with van der Waals surface area (Å²) in [5, 5.41) is 0. The Morgan fingerprint density at radius 1 is 1.00 bits per heavy atom. The SMILES string of the molecule is CC1=C2OC(C3=CC=CCC3)=CC(c3ccccc3)=C2CCC1. The van der Waals surface area contributed by atoms with Gasteiger partial charge in [-0.2, -0.15) is 0 Å². The van der Waals surface area contributed by atoms with Gasteiger partial charge in [-0.1, -0.05) is 48.6 Å². The molecule has 0 spiro atoms. The van der Waals surface area contributed by atoms with Gasteiger partial charge in [0.2, 0.25) is 0 Å². The summed E-state index contributed by atoms with van der Waals surface area (Å²) in [6.07, 6.45) is 14.5. The van der Waals surface area contributed by atoms with Gasteiger partial charge in [-0.25, -0.2) is 0 Å². The molecule has 1 aromatic carbocycles. The Hall–Kier alpha value is -2.28. The highest BCUT2D eigenvalue weighted by Gasteiger charge is 2.26. The third-order valence-electron chi connectivity index (χ3n) is 4.87. The minimum atomic E-state index is 1.04. The van der Waals surface area contributed by atoms with Gasteiger partial charge in [-0.05, 0) is 67.4 Å². The fraction of sp³-hybridized carbons (Fsp3) is 0.273. The topological polar surface area (TPSA) is 9.23 Å². The second kappa shape index (κ2) is 6.08. The molecule has 1 heterocycles. The van der Waals surface area contributed by atoms with E-state index in [1.165, 1.54) is 34.3 Å². The van der Waals surface area contributed by atoms with E-state index < -0.39 is 0 Å². The molecule has 0 unspecified atom stereocenters. The molecule has 1 aliphatic heterocycles. The second-order valence-corrected chi connectivity index (χ2v) is 6.49. The summed E-state index contributed by atoms with van der Waals surface area (Å²) < 4.78 is 6.37. The van der Waals surface area contributed by atoms with E-state index in [4.69, 9.17) is 4.74 Å². The molecule has 1 aromatic rings. The number of hydrogen-bond donors (Lipinski definition) is 0. The van der Waals surface area contributed by atoms with Crippen molar-refractivity contribution >= 4 is 5.57 Å². The summed E-state index contributed by atoms with van der Waals surface area (Å²) in [6, 6.07) is 10.7. The first kappa shape index (κ1) is 14.3. The predicted molar refractivity (Wildman–Crippen MR) is 95.5 cm³/mol. The Bertz CT molecular complexity index is 769. The fourth-order valence-electron chi connectivity index (χ4n) is 3.62. The molecule has 23 heavy (non-hydrogen) atoms. The summed E-state index contributed by atoms with van der Waals surface area (Å²) in [5.74, 6) is 2.16. The van der Waals surface area contributed by atoms with Crippen LogP contribution in [0, 0.1) is 0 Å². The van der Waals surface area contributed by atoms with Gasteiger partial charge in [0.25, 0.3) is 0 Å². The Morgan fingerprint density at radius 2 is 1.87 bits per heavy atom. The van der Waals surface area contributed by atoms with Crippen LogP contribution in [0.3, 0.4) is 0 Å². The third kappa shape index (κ3) is 2.72. The van der Waals surface area contributed by atoms with Gasteiger partial charge in [-0.3, -0.25) is 0 Å². The lowest BCUT2D eigenvalue weighted by molar-refractivity contribution is 0.303. The van der Waals surface area contributed by atoms with Crippen LogP contribution in [0.1, 0.15) is 44.6 Å². The van der Waals surface area contributed by atoms with Crippen molar-refractivity contribution in [3.63, 3.8) is 0 Å². The molecule has 0 N–H and O–H groups in total. The van der Waals surface area contributed by atoms with Crippen molar-refractivity contribution in [2.24, 2.45) is 0 Å². The number of ether oxygens (including phenoxy) is 1. The third-order valence-corrected chi connectivity index (χ3v) is 4.87. The van der Waals surface area contributed by atoms with Crippen LogP contribution in [-0.2, 0) is 4.74 Å². The molecule has 0 fully saturated rings. The van der Waals surface area contributed by atoms with E-state index in [0.29, 0.717) is 0 Å². The van der Waals surface area contributed by atoms with E-state index in [1.54, 1.807) is 0 Å². The van der Waals surface area contributed by atoms with Crippen molar-refractivity contribution in [3.8, 4) is 0 Å². The first-order valence-corrected chi connectivity index (χ1v) is 8.57. The van der Waals surface area contributed by atoms with Crippen molar-refractivity contribution < 1.29 is 4.74 Å². The van der Waals surface area contributed by atoms with Crippen LogP contribution in [0.25, 0.3) is 5.57 Å². The van der Waals surface area contributed by atoms with Crippen LogP contribution in [0.4, 0.5) is 0 Å².